The van der Waals surface area contributed by atoms with Gasteiger partial charge in [-0.2, -0.15) is 0 Å². The van der Waals surface area contributed by atoms with Crippen LogP contribution in [-0.4, -0.2) is 37.1 Å². The number of benzene rings is 1. The number of rotatable bonds is 7. The molecule has 5 heteroatoms. The molecule has 3 rings (SSSR count). The molecule has 0 saturated carbocycles. The third-order valence-electron chi connectivity index (χ3n) is 4.55. The van der Waals surface area contributed by atoms with Gasteiger partial charge in [0.1, 0.15) is 0 Å². The average molecular weight is 338 g/mol. The van der Waals surface area contributed by atoms with Gasteiger partial charge < -0.3 is 16.0 Å². The summed E-state index contributed by atoms with van der Waals surface area (Å²) in [6, 6.07) is 11.9. The van der Waals surface area contributed by atoms with Crippen LogP contribution in [0.3, 0.4) is 0 Å². The second-order valence-corrected chi connectivity index (χ2v) is 6.45. The van der Waals surface area contributed by atoms with Crippen molar-refractivity contribution in [2.45, 2.75) is 25.2 Å². The molecule has 1 aliphatic rings. The topological polar surface area (TPSA) is 66.0 Å². The zero-order chi connectivity index (χ0) is 17.3. The molecule has 0 spiro atoms. The SMILES string of the molecule is O=C(NCCCNc1cccnc1)c1cccc(C2CCCNC2)c1. The number of nitrogens with zero attached hydrogens (tertiary/aromatic N) is 1. The number of aromatic nitrogens is 1. The largest absolute Gasteiger partial charge is 0.384 e. The quantitative estimate of drug-likeness (QED) is 0.679. The second-order valence-electron chi connectivity index (χ2n) is 6.45. The molecule has 1 aliphatic heterocycles. The molecule has 0 aliphatic carbocycles. The summed E-state index contributed by atoms with van der Waals surface area (Å²) in [5, 5.41) is 9.73. The molecule has 1 aromatic heterocycles. The smallest absolute Gasteiger partial charge is 0.251 e. The first-order chi connectivity index (χ1) is 12.3. The molecule has 2 aromatic rings. The predicted molar refractivity (Wildman–Crippen MR) is 101 cm³/mol. The number of piperidine rings is 1. The molecule has 1 fully saturated rings. The minimum absolute atomic E-state index is 0.00648. The molecule has 2 heterocycles. The van der Waals surface area contributed by atoms with Crippen LogP contribution in [0, 0.1) is 0 Å². The maximum Gasteiger partial charge on any atom is 0.251 e. The summed E-state index contributed by atoms with van der Waals surface area (Å²) in [6.07, 6.45) is 6.81. The molecule has 1 aromatic carbocycles. The summed E-state index contributed by atoms with van der Waals surface area (Å²) >= 11 is 0. The summed E-state index contributed by atoms with van der Waals surface area (Å²) in [4.78, 5) is 16.4. The molecule has 5 nitrogen and oxygen atoms in total. The standard InChI is InChI=1S/C20H26N4O/c25-20(24-12-4-11-23-19-8-3-10-22-15-19)17-6-1-5-16(13-17)18-7-2-9-21-14-18/h1,3,5-6,8,10,13,15,18,21,23H,2,4,7,9,11-12,14H2,(H,24,25). The lowest BCUT2D eigenvalue weighted by molar-refractivity contribution is 0.0953. The summed E-state index contributed by atoms with van der Waals surface area (Å²) in [6.45, 7) is 3.57. The Morgan fingerprint density at radius 3 is 3.00 bits per heavy atom. The van der Waals surface area contributed by atoms with E-state index in [0.717, 1.165) is 37.3 Å². The third-order valence-corrected chi connectivity index (χ3v) is 4.55. The molecular weight excluding hydrogens is 312 g/mol. The number of pyridine rings is 1. The second kappa shape index (κ2) is 9.18. The van der Waals surface area contributed by atoms with Gasteiger partial charge in [0.15, 0.2) is 0 Å². The van der Waals surface area contributed by atoms with E-state index in [1.54, 1.807) is 12.4 Å². The zero-order valence-electron chi connectivity index (χ0n) is 14.5. The van der Waals surface area contributed by atoms with Crippen LogP contribution in [0.25, 0.3) is 0 Å². The maximum absolute atomic E-state index is 12.4. The first-order valence-electron chi connectivity index (χ1n) is 9.06. The van der Waals surface area contributed by atoms with Gasteiger partial charge in [-0.05, 0) is 61.6 Å². The Kier molecular flexibility index (Phi) is 6.40. The summed E-state index contributed by atoms with van der Waals surface area (Å²) in [5.41, 5.74) is 3.02. The Balaban J connectivity index is 1.43. The Hall–Kier alpha value is -2.40. The normalized spacial score (nSPS) is 17.0. The van der Waals surface area contributed by atoms with Crippen LogP contribution >= 0.6 is 0 Å². The molecule has 0 bridgehead atoms. The van der Waals surface area contributed by atoms with Crippen molar-refractivity contribution >= 4 is 11.6 Å². The van der Waals surface area contributed by atoms with Crippen LogP contribution in [0.15, 0.2) is 48.8 Å². The highest BCUT2D eigenvalue weighted by Crippen LogP contribution is 2.23. The van der Waals surface area contributed by atoms with E-state index in [1.165, 1.54) is 18.4 Å². The molecule has 1 saturated heterocycles. The van der Waals surface area contributed by atoms with Crippen molar-refractivity contribution < 1.29 is 4.79 Å². The van der Waals surface area contributed by atoms with Crippen molar-refractivity contribution in [1.82, 2.24) is 15.6 Å². The van der Waals surface area contributed by atoms with Crippen molar-refractivity contribution in [3.8, 4) is 0 Å². The lowest BCUT2D eigenvalue weighted by Gasteiger charge is -2.23. The van der Waals surface area contributed by atoms with Gasteiger partial charge in [-0.15, -0.1) is 0 Å². The number of carbonyl (C=O) groups excluding carboxylic acids is 1. The number of carbonyl (C=O) groups is 1. The molecule has 1 atom stereocenters. The molecule has 1 amide bonds. The van der Waals surface area contributed by atoms with E-state index in [1.807, 2.05) is 30.3 Å². The Morgan fingerprint density at radius 2 is 2.20 bits per heavy atom. The molecule has 25 heavy (non-hydrogen) atoms. The molecule has 0 radical (unpaired) electrons. The number of anilines is 1. The predicted octanol–water partition coefficient (Wildman–Crippen LogP) is 2.78. The molecule has 3 N–H and O–H groups in total. The highest BCUT2D eigenvalue weighted by atomic mass is 16.1. The van der Waals surface area contributed by atoms with Crippen molar-refractivity contribution in [2.75, 3.05) is 31.5 Å². The third kappa shape index (κ3) is 5.29. The van der Waals surface area contributed by atoms with E-state index >= 15 is 0 Å². The van der Waals surface area contributed by atoms with E-state index in [0.29, 0.717) is 12.5 Å². The average Bonchev–Trinajstić information content (AvgIpc) is 2.69. The molecule has 1 unspecified atom stereocenters. The number of hydrogen-bond donors (Lipinski definition) is 3. The number of amides is 1. The molecule has 132 valence electrons. The van der Waals surface area contributed by atoms with Crippen molar-refractivity contribution in [1.29, 1.82) is 0 Å². The van der Waals surface area contributed by atoms with Crippen LogP contribution in [0.5, 0.6) is 0 Å². The van der Waals surface area contributed by atoms with Gasteiger partial charge in [0.05, 0.1) is 5.69 Å². The maximum atomic E-state index is 12.4. The zero-order valence-corrected chi connectivity index (χ0v) is 14.5. The summed E-state index contributed by atoms with van der Waals surface area (Å²) < 4.78 is 0. The van der Waals surface area contributed by atoms with Gasteiger partial charge in [0.25, 0.3) is 5.91 Å². The molecular formula is C20H26N4O. The highest BCUT2D eigenvalue weighted by molar-refractivity contribution is 5.94. The number of hydrogen-bond acceptors (Lipinski definition) is 4. The number of nitrogens with one attached hydrogen (secondary N) is 3. The van der Waals surface area contributed by atoms with E-state index < -0.39 is 0 Å². The summed E-state index contributed by atoms with van der Waals surface area (Å²) in [7, 11) is 0. The van der Waals surface area contributed by atoms with Gasteiger partial charge in [-0.1, -0.05) is 12.1 Å². The van der Waals surface area contributed by atoms with Crippen molar-refractivity contribution in [2.24, 2.45) is 0 Å². The summed E-state index contributed by atoms with van der Waals surface area (Å²) in [5.74, 6) is 0.525. The first-order valence-corrected chi connectivity index (χ1v) is 9.06. The van der Waals surface area contributed by atoms with Gasteiger partial charge in [-0.25, -0.2) is 0 Å². The van der Waals surface area contributed by atoms with Crippen LogP contribution in [0.2, 0.25) is 0 Å². The fourth-order valence-electron chi connectivity index (χ4n) is 3.16. The van der Waals surface area contributed by atoms with E-state index in [9.17, 15) is 4.79 Å². The fourth-order valence-corrected chi connectivity index (χ4v) is 3.16. The van der Waals surface area contributed by atoms with Crippen LogP contribution in [0.4, 0.5) is 5.69 Å². The minimum Gasteiger partial charge on any atom is -0.384 e. The minimum atomic E-state index is 0.00648. The Bertz CT molecular complexity index is 668. The van der Waals surface area contributed by atoms with E-state index in [2.05, 4.69) is 27.0 Å². The van der Waals surface area contributed by atoms with Crippen LogP contribution < -0.4 is 16.0 Å². The van der Waals surface area contributed by atoms with Gasteiger partial charge in [0.2, 0.25) is 0 Å². The fraction of sp³-hybridized carbons (Fsp3) is 0.400. The Morgan fingerprint density at radius 1 is 1.24 bits per heavy atom. The monoisotopic (exact) mass is 338 g/mol. The highest BCUT2D eigenvalue weighted by Gasteiger charge is 2.16. The van der Waals surface area contributed by atoms with Crippen LogP contribution in [0.1, 0.15) is 41.1 Å². The van der Waals surface area contributed by atoms with E-state index in [-0.39, 0.29) is 5.91 Å². The van der Waals surface area contributed by atoms with Crippen LogP contribution in [-0.2, 0) is 0 Å². The Labute approximate surface area is 149 Å². The van der Waals surface area contributed by atoms with Gasteiger partial charge in [0, 0.05) is 37.6 Å². The van der Waals surface area contributed by atoms with Gasteiger partial charge >= 0.3 is 0 Å². The van der Waals surface area contributed by atoms with Crippen molar-refractivity contribution in [3.05, 3.63) is 59.9 Å². The van der Waals surface area contributed by atoms with Gasteiger partial charge in [-0.3, -0.25) is 9.78 Å². The van der Waals surface area contributed by atoms with E-state index in [4.69, 9.17) is 0 Å². The lowest BCUT2D eigenvalue weighted by Crippen LogP contribution is -2.29. The first kappa shape index (κ1) is 17.4. The van der Waals surface area contributed by atoms with Crippen molar-refractivity contribution in [3.63, 3.8) is 0 Å². The lowest BCUT2D eigenvalue weighted by atomic mass is 9.90.